The number of anilines is 1. The Kier molecular flexibility index (Phi) is 5.10. The van der Waals surface area contributed by atoms with Crippen molar-refractivity contribution >= 4 is 15.7 Å². The van der Waals surface area contributed by atoms with Crippen molar-refractivity contribution < 1.29 is 12.8 Å². The van der Waals surface area contributed by atoms with E-state index in [-0.39, 0.29) is 10.6 Å². The summed E-state index contributed by atoms with van der Waals surface area (Å²) in [5.74, 6) is -0.705. The second kappa shape index (κ2) is 6.15. The monoisotopic (exact) mass is 274 g/mol. The van der Waals surface area contributed by atoms with Gasteiger partial charge in [-0.15, -0.1) is 0 Å². The minimum absolute atomic E-state index is 0.149. The van der Waals surface area contributed by atoms with Crippen LogP contribution in [-0.4, -0.2) is 25.8 Å². The Bertz CT molecular complexity index is 497. The molecule has 0 atom stereocenters. The number of rotatable bonds is 6. The van der Waals surface area contributed by atoms with Crippen molar-refractivity contribution in [3.63, 3.8) is 0 Å². The van der Waals surface area contributed by atoms with Crippen LogP contribution in [0.25, 0.3) is 0 Å². The standard InChI is InChI=1S/C12H19FN2O2S/c1-3-8-15(9-4-2)18(16,17)11-7-5-6-10(13)12(11)14/h5-7H,3-4,8-9,14H2,1-2H3. The van der Waals surface area contributed by atoms with Gasteiger partial charge < -0.3 is 5.73 Å². The van der Waals surface area contributed by atoms with Gasteiger partial charge in [-0.25, -0.2) is 12.8 Å². The molecule has 1 aromatic rings. The van der Waals surface area contributed by atoms with Crippen molar-refractivity contribution in [3.8, 4) is 0 Å². The molecule has 0 radical (unpaired) electrons. The average molecular weight is 274 g/mol. The van der Waals surface area contributed by atoms with Crippen LogP contribution in [0.4, 0.5) is 10.1 Å². The van der Waals surface area contributed by atoms with Crippen LogP contribution in [0.3, 0.4) is 0 Å². The molecule has 0 heterocycles. The van der Waals surface area contributed by atoms with Crippen molar-refractivity contribution in [2.24, 2.45) is 0 Å². The highest BCUT2D eigenvalue weighted by molar-refractivity contribution is 7.89. The molecule has 1 aromatic carbocycles. The van der Waals surface area contributed by atoms with Gasteiger partial charge in [-0.1, -0.05) is 19.9 Å². The highest BCUT2D eigenvalue weighted by Gasteiger charge is 2.26. The SMILES string of the molecule is CCCN(CCC)S(=O)(=O)c1cccc(F)c1N. The number of nitrogens with zero attached hydrogens (tertiary/aromatic N) is 1. The zero-order chi connectivity index (χ0) is 13.8. The molecular weight excluding hydrogens is 255 g/mol. The van der Waals surface area contributed by atoms with Crippen LogP contribution < -0.4 is 5.73 Å². The molecule has 18 heavy (non-hydrogen) atoms. The molecule has 2 N–H and O–H groups in total. The number of hydrogen-bond acceptors (Lipinski definition) is 3. The molecule has 0 aliphatic carbocycles. The number of nitrogens with two attached hydrogens (primary N) is 1. The third kappa shape index (κ3) is 3.00. The lowest BCUT2D eigenvalue weighted by atomic mass is 10.3. The molecule has 0 aliphatic rings. The van der Waals surface area contributed by atoms with Gasteiger partial charge in [-0.2, -0.15) is 4.31 Å². The summed E-state index contributed by atoms with van der Waals surface area (Å²) in [6.07, 6.45) is 1.41. The fraction of sp³-hybridized carbons (Fsp3) is 0.500. The first-order valence-electron chi connectivity index (χ1n) is 5.99. The fourth-order valence-corrected chi connectivity index (χ4v) is 3.48. The maximum atomic E-state index is 13.3. The summed E-state index contributed by atoms with van der Waals surface area (Å²) in [4.78, 5) is -0.149. The van der Waals surface area contributed by atoms with Gasteiger partial charge in [0.25, 0.3) is 0 Å². The van der Waals surface area contributed by atoms with E-state index >= 15 is 0 Å². The predicted molar refractivity (Wildman–Crippen MR) is 70.2 cm³/mol. The van der Waals surface area contributed by atoms with E-state index in [1.54, 1.807) is 0 Å². The van der Waals surface area contributed by atoms with E-state index in [0.717, 1.165) is 6.07 Å². The molecule has 0 aromatic heterocycles. The number of halogens is 1. The first-order valence-corrected chi connectivity index (χ1v) is 7.43. The van der Waals surface area contributed by atoms with E-state index in [2.05, 4.69) is 0 Å². The van der Waals surface area contributed by atoms with E-state index in [1.807, 2.05) is 13.8 Å². The predicted octanol–water partition coefficient (Wildman–Crippen LogP) is 2.22. The molecule has 0 bridgehead atoms. The summed E-state index contributed by atoms with van der Waals surface area (Å²) < 4.78 is 39.4. The Hall–Kier alpha value is -1.14. The second-order valence-corrected chi connectivity index (χ2v) is 5.96. The smallest absolute Gasteiger partial charge is 0.245 e. The molecule has 0 spiro atoms. The summed E-state index contributed by atoms with van der Waals surface area (Å²) in [6.45, 7) is 4.61. The Morgan fingerprint density at radius 1 is 1.22 bits per heavy atom. The molecule has 0 amide bonds. The third-order valence-electron chi connectivity index (χ3n) is 2.58. The molecule has 0 fully saturated rings. The van der Waals surface area contributed by atoms with Crippen LogP contribution in [0.2, 0.25) is 0 Å². The zero-order valence-electron chi connectivity index (χ0n) is 10.7. The van der Waals surface area contributed by atoms with Crippen molar-refractivity contribution in [3.05, 3.63) is 24.0 Å². The van der Waals surface area contributed by atoms with E-state index in [4.69, 9.17) is 5.73 Å². The Morgan fingerprint density at radius 3 is 2.28 bits per heavy atom. The molecule has 0 saturated heterocycles. The van der Waals surface area contributed by atoms with Crippen LogP contribution in [-0.2, 0) is 10.0 Å². The van der Waals surface area contributed by atoms with Gasteiger partial charge in [0, 0.05) is 13.1 Å². The van der Waals surface area contributed by atoms with Gasteiger partial charge >= 0.3 is 0 Å². The minimum atomic E-state index is -3.71. The first kappa shape index (κ1) is 14.9. The number of benzene rings is 1. The molecule has 102 valence electrons. The number of sulfonamides is 1. The Morgan fingerprint density at radius 2 is 1.78 bits per heavy atom. The molecule has 0 aliphatic heterocycles. The molecule has 6 heteroatoms. The maximum Gasteiger partial charge on any atom is 0.245 e. The summed E-state index contributed by atoms with van der Waals surface area (Å²) in [5.41, 5.74) is 5.21. The summed E-state index contributed by atoms with van der Waals surface area (Å²) in [7, 11) is -3.71. The van der Waals surface area contributed by atoms with Crippen LogP contribution >= 0.6 is 0 Å². The topological polar surface area (TPSA) is 63.4 Å². The Labute approximate surface area is 108 Å². The average Bonchev–Trinajstić information content (AvgIpc) is 2.32. The molecule has 1 rings (SSSR count). The molecular formula is C12H19FN2O2S. The molecule has 0 unspecified atom stereocenters. The van der Waals surface area contributed by atoms with Crippen LogP contribution in [0.1, 0.15) is 26.7 Å². The van der Waals surface area contributed by atoms with Crippen LogP contribution in [0, 0.1) is 5.82 Å². The fourth-order valence-electron chi connectivity index (χ4n) is 1.73. The first-order chi connectivity index (χ1) is 8.45. The van der Waals surface area contributed by atoms with Crippen molar-refractivity contribution in [1.29, 1.82) is 0 Å². The highest BCUT2D eigenvalue weighted by Crippen LogP contribution is 2.24. The summed E-state index contributed by atoms with van der Waals surface area (Å²) >= 11 is 0. The van der Waals surface area contributed by atoms with E-state index in [9.17, 15) is 12.8 Å². The van der Waals surface area contributed by atoms with Crippen LogP contribution in [0.5, 0.6) is 0 Å². The van der Waals surface area contributed by atoms with Crippen molar-refractivity contribution in [1.82, 2.24) is 4.31 Å². The van der Waals surface area contributed by atoms with Gasteiger partial charge in [0.15, 0.2) is 0 Å². The van der Waals surface area contributed by atoms with Gasteiger partial charge in [0.05, 0.1) is 5.69 Å². The van der Waals surface area contributed by atoms with Crippen molar-refractivity contribution in [2.75, 3.05) is 18.8 Å². The maximum absolute atomic E-state index is 13.3. The second-order valence-electron chi connectivity index (χ2n) is 4.06. The van der Waals surface area contributed by atoms with E-state index in [1.165, 1.54) is 16.4 Å². The zero-order valence-corrected chi connectivity index (χ0v) is 11.5. The summed E-state index contributed by atoms with van der Waals surface area (Å²) in [5, 5.41) is 0. The Balaban J connectivity index is 3.22. The van der Waals surface area contributed by atoms with E-state index in [0.29, 0.717) is 25.9 Å². The molecule has 4 nitrogen and oxygen atoms in total. The number of hydrogen-bond donors (Lipinski definition) is 1. The van der Waals surface area contributed by atoms with Gasteiger partial charge in [-0.05, 0) is 25.0 Å². The largest absolute Gasteiger partial charge is 0.395 e. The van der Waals surface area contributed by atoms with Gasteiger partial charge in [0.1, 0.15) is 10.7 Å². The minimum Gasteiger partial charge on any atom is -0.395 e. The third-order valence-corrected chi connectivity index (χ3v) is 4.53. The number of nitrogen functional groups attached to an aromatic ring is 1. The number of para-hydroxylation sites is 1. The quantitative estimate of drug-likeness (QED) is 0.809. The lowest BCUT2D eigenvalue weighted by molar-refractivity contribution is 0.410. The van der Waals surface area contributed by atoms with Crippen molar-refractivity contribution in [2.45, 2.75) is 31.6 Å². The normalized spacial score (nSPS) is 12.0. The summed E-state index contributed by atoms with van der Waals surface area (Å²) in [6, 6.07) is 3.85. The van der Waals surface area contributed by atoms with Crippen LogP contribution in [0.15, 0.2) is 23.1 Å². The highest BCUT2D eigenvalue weighted by atomic mass is 32.2. The lowest BCUT2D eigenvalue weighted by Gasteiger charge is -2.21. The van der Waals surface area contributed by atoms with Gasteiger partial charge in [-0.3, -0.25) is 0 Å². The van der Waals surface area contributed by atoms with E-state index < -0.39 is 15.8 Å². The lowest BCUT2D eigenvalue weighted by Crippen LogP contribution is -2.33. The molecule has 0 saturated carbocycles. The van der Waals surface area contributed by atoms with Gasteiger partial charge in [0.2, 0.25) is 10.0 Å².